The molecule has 0 aliphatic carbocycles. The molecule has 1 N–H and O–H groups in total. The minimum absolute atomic E-state index is 0.000561. The molecule has 2 aromatic rings. The lowest BCUT2D eigenvalue weighted by Gasteiger charge is -2.13. The van der Waals surface area contributed by atoms with Gasteiger partial charge in [0.1, 0.15) is 5.82 Å². The van der Waals surface area contributed by atoms with E-state index in [2.05, 4.69) is 0 Å². The molecule has 0 bridgehead atoms. The largest absolute Gasteiger partial charge is 0.481 e. The molecule has 5 heteroatoms. The number of carbonyl (C=O) groups is 1. The molecule has 2 rings (SSSR count). The van der Waals surface area contributed by atoms with Crippen LogP contribution in [0.25, 0.3) is 0 Å². The van der Waals surface area contributed by atoms with Gasteiger partial charge < -0.3 is 5.11 Å². The van der Waals surface area contributed by atoms with E-state index in [0.717, 1.165) is 5.56 Å². The second kappa shape index (κ2) is 6.92. The lowest BCUT2D eigenvalue weighted by molar-refractivity contribution is -0.141. The van der Waals surface area contributed by atoms with E-state index in [4.69, 9.17) is 23.2 Å². The number of benzene rings is 2. The zero-order chi connectivity index (χ0) is 15.4. The van der Waals surface area contributed by atoms with Crippen molar-refractivity contribution in [2.45, 2.75) is 12.8 Å². The molecule has 2 aromatic carbocycles. The Morgan fingerprint density at radius 2 is 1.76 bits per heavy atom. The minimum atomic E-state index is -0.907. The van der Waals surface area contributed by atoms with E-state index in [0.29, 0.717) is 17.0 Å². The lowest BCUT2D eigenvalue weighted by atomic mass is 9.92. The summed E-state index contributed by atoms with van der Waals surface area (Å²) in [5.74, 6) is -2.04. The van der Waals surface area contributed by atoms with Crippen LogP contribution in [0.15, 0.2) is 42.5 Å². The Labute approximate surface area is 132 Å². The maximum absolute atomic E-state index is 13.1. The molecule has 0 saturated heterocycles. The molecule has 0 heterocycles. The quantitative estimate of drug-likeness (QED) is 0.870. The van der Waals surface area contributed by atoms with Crippen molar-refractivity contribution >= 4 is 29.2 Å². The number of carboxylic acid groups (broad SMARTS) is 1. The van der Waals surface area contributed by atoms with Crippen molar-refractivity contribution in [3.05, 3.63) is 69.5 Å². The molecule has 0 radical (unpaired) electrons. The van der Waals surface area contributed by atoms with E-state index < -0.39 is 17.7 Å². The summed E-state index contributed by atoms with van der Waals surface area (Å²) >= 11 is 11.6. The molecular formula is C16H13Cl2FO2. The number of halogens is 3. The highest BCUT2D eigenvalue weighted by molar-refractivity contribution is 6.31. The first-order chi connectivity index (χ1) is 9.95. The summed E-state index contributed by atoms with van der Waals surface area (Å²) in [6, 6.07) is 11.4. The molecule has 0 aliphatic heterocycles. The highest BCUT2D eigenvalue weighted by atomic mass is 35.5. The molecule has 0 aromatic heterocycles. The van der Waals surface area contributed by atoms with Crippen LogP contribution >= 0.6 is 23.2 Å². The molecule has 0 amide bonds. The van der Waals surface area contributed by atoms with E-state index in [9.17, 15) is 14.3 Å². The van der Waals surface area contributed by atoms with Crippen LogP contribution in [0.1, 0.15) is 11.1 Å². The highest BCUT2D eigenvalue weighted by Gasteiger charge is 2.19. The molecule has 0 fully saturated rings. The Morgan fingerprint density at radius 1 is 1.10 bits per heavy atom. The van der Waals surface area contributed by atoms with Crippen LogP contribution in [-0.2, 0) is 17.6 Å². The molecule has 0 aliphatic rings. The predicted molar refractivity (Wildman–Crippen MR) is 81.4 cm³/mol. The van der Waals surface area contributed by atoms with Gasteiger partial charge in [0, 0.05) is 5.02 Å². The maximum atomic E-state index is 13.1. The monoisotopic (exact) mass is 326 g/mol. The van der Waals surface area contributed by atoms with E-state index in [1.807, 2.05) is 6.07 Å². The Kier molecular flexibility index (Phi) is 5.21. The maximum Gasteiger partial charge on any atom is 0.307 e. The summed E-state index contributed by atoms with van der Waals surface area (Å²) in [5, 5.41) is 9.92. The van der Waals surface area contributed by atoms with Gasteiger partial charge in [0.15, 0.2) is 0 Å². The fourth-order valence-electron chi connectivity index (χ4n) is 2.15. The lowest BCUT2D eigenvalue weighted by Crippen LogP contribution is -2.19. The first-order valence-corrected chi connectivity index (χ1v) is 7.12. The fourth-order valence-corrected chi connectivity index (χ4v) is 2.56. The first-order valence-electron chi connectivity index (χ1n) is 6.37. The van der Waals surface area contributed by atoms with Gasteiger partial charge in [-0.3, -0.25) is 4.79 Å². The third-order valence-corrected chi connectivity index (χ3v) is 3.71. The van der Waals surface area contributed by atoms with Crippen LogP contribution < -0.4 is 0 Å². The topological polar surface area (TPSA) is 37.3 Å². The minimum Gasteiger partial charge on any atom is -0.481 e. The van der Waals surface area contributed by atoms with Crippen molar-refractivity contribution in [1.29, 1.82) is 0 Å². The van der Waals surface area contributed by atoms with E-state index in [-0.39, 0.29) is 11.4 Å². The van der Waals surface area contributed by atoms with Gasteiger partial charge in [-0.05, 0) is 48.2 Å². The zero-order valence-corrected chi connectivity index (χ0v) is 12.5. The second-order valence-electron chi connectivity index (χ2n) is 4.82. The summed E-state index contributed by atoms with van der Waals surface area (Å²) in [4.78, 5) is 11.4. The number of carboxylic acids is 1. The Balaban J connectivity index is 2.15. The zero-order valence-electron chi connectivity index (χ0n) is 11.0. The molecule has 110 valence electrons. The van der Waals surface area contributed by atoms with Gasteiger partial charge in [-0.15, -0.1) is 0 Å². The predicted octanol–water partition coefficient (Wildman–Crippen LogP) is 4.62. The van der Waals surface area contributed by atoms with Gasteiger partial charge in [-0.2, -0.15) is 0 Å². The Bertz CT molecular complexity index is 658. The first kappa shape index (κ1) is 15.8. The second-order valence-corrected chi connectivity index (χ2v) is 5.67. The van der Waals surface area contributed by atoms with Crippen molar-refractivity contribution in [3.8, 4) is 0 Å². The normalized spacial score (nSPS) is 12.1. The van der Waals surface area contributed by atoms with Gasteiger partial charge in [-0.25, -0.2) is 4.39 Å². The van der Waals surface area contributed by atoms with Crippen LogP contribution in [0.2, 0.25) is 10.0 Å². The Morgan fingerprint density at radius 3 is 2.33 bits per heavy atom. The summed E-state index contributed by atoms with van der Waals surface area (Å²) in [7, 11) is 0. The molecule has 0 spiro atoms. The van der Waals surface area contributed by atoms with Crippen LogP contribution in [0.3, 0.4) is 0 Å². The van der Waals surface area contributed by atoms with Gasteiger partial charge in [0.2, 0.25) is 0 Å². The van der Waals surface area contributed by atoms with Gasteiger partial charge >= 0.3 is 5.97 Å². The standard InChI is InChI=1S/C16H13Cl2FO2/c17-13-3-1-2-10(8-13)6-12(16(20)21)7-11-4-5-15(19)14(18)9-11/h1-5,8-9,12H,6-7H2,(H,20,21). The van der Waals surface area contributed by atoms with Crippen LogP contribution in [-0.4, -0.2) is 11.1 Å². The summed E-state index contributed by atoms with van der Waals surface area (Å²) < 4.78 is 13.1. The van der Waals surface area contributed by atoms with Gasteiger partial charge in [0.25, 0.3) is 0 Å². The number of rotatable bonds is 5. The SMILES string of the molecule is O=C(O)C(Cc1cccc(Cl)c1)Cc1ccc(F)c(Cl)c1. The molecule has 0 saturated carbocycles. The average molecular weight is 327 g/mol. The third-order valence-electron chi connectivity index (χ3n) is 3.19. The molecule has 1 atom stereocenters. The van der Waals surface area contributed by atoms with Crippen LogP contribution in [0.5, 0.6) is 0 Å². The number of hydrogen-bond donors (Lipinski definition) is 1. The van der Waals surface area contributed by atoms with Crippen molar-refractivity contribution in [3.63, 3.8) is 0 Å². The smallest absolute Gasteiger partial charge is 0.307 e. The van der Waals surface area contributed by atoms with Crippen molar-refractivity contribution in [1.82, 2.24) is 0 Å². The average Bonchev–Trinajstić information content (AvgIpc) is 2.42. The van der Waals surface area contributed by atoms with E-state index in [1.54, 1.807) is 24.3 Å². The number of aliphatic carboxylic acids is 1. The van der Waals surface area contributed by atoms with E-state index in [1.165, 1.54) is 12.1 Å². The molecule has 1 unspecified atom stereocenters. The third kappa shape index (κ3) is 4.45. The fraction of sp³-hybridized carbons (Fsp3) is 0.188. The highest BCUT2D eigenvalue weighted by Crippen LogP contribution is 2.21. The van der Waals surface area contributed by atoms with Crippen LogP contribution in [0.4, 0.5) is 4.39 Å². The van der Waals surface area contributed by atoms with Crippen LogP contribution in [0, 0.1) is 11.7 Å². The van der Waals surface area contributed by atoms with Gasteiger partial charge in [-0.1, -0.05) is 41.4 Å². The number of hydrogen-bond acceptors (Lipinski definition) is 1. The van der Waals surface area contributed by atoms with Crippen molar-refractivity contribution in [2.24, 2.45) is 5.92 Å². The summed E-state index contributed by atoms with van der Waals surface area (Å²) in [5.41, 5.74) is 1.54. The van der Waals surface area contributed by atoms with E-state index >= 15 is 0 Å². The summed E-state index contributed by atoms with van der Waals surface area (Å²) in [6.07, 6.45) is 0.632. The van der Waals surface area contributed by atoms with Gasteiger partial charge in [0.05, 0.1) is 10.9 Å². The summed E-state index contributed by atoms with van der Waals surface area (Å²) in [6.45, 7) is 0. The van der Waals surface area contributed by atoms with Crippen molar-refractivity contribution in [2.75, 3.05) is 0 Å². The molecule has 21 heavy (non-hydrogen) atoms. The molecule has 2 nitrogen and oxygen atoms in total. The van der Waals surface area contributed by atoms with Crippen molar-refractivity contribution < 1.29 is 14.3 Å². The molecular weight excluding hydrogens is 314 g/mol. The Hall–Kier alpha value is -1.58.